The quantitative estimate of drug-likeness (QED) is 0.844. The molecule has 0 radical (unpaired) electrons. The molecule has 0 bridgehead atoms. The third-order valence-corrected chi connectivity index (χ3v) is 3.52. The van der Waals surface area contributed by atoms with Gasteiger partial charge < -0.3 is 10.2 Å². The molecule has 1 aromatic carbocycles. The molecule has 1 aliphatic heterocycles. The number of hydrogen-bond donors (Lipinski definition) is 1. The molecule has 0 aromatic heterocycles. The van der Waals surface area contributed by atoms with Crippen LogP contribution >= 0.6 is 0 Å². The van der Waals surface area contributed by atoms with Gasteiger partial charge in [-0.2, -0.15) is 0 Å². The van der Waals surface area contributed by atoms with Gasteiger partial charge in [0.1, 0.15) is 12.1 Å². The minimum atomic E-state index is -0.409. The molecule has 1 fully saturated rings. The number of aldehydes is 1. The van der Waals surface area contributed by atoms with Crippen LogP contribution in [0.15, 0.2) is 18.2 Å². The minimum absolute atomic E-state index is 0.0281. The summed E-state index contributed by atoms with van der Waals surface area (Å²) in [6, 6.07) is 4.32. The van der Waals surface area contributed by atoms with Crippen molar-refractivity contribution in [1.29, 1.82) is 0 Å². The second-order valence-corrected chi connectivity index (χ2v) is 4.74. The maximum atomic E-state index is 13.4. The molecule has 1 aromatic rings. The Bertz CT molecular complexity index is 482. The predicted molar refractivity (Wildman–Crippen MR) is 70.8 cm³/mol. The van der Waals surface area contributed by atoms with E-state index in [4.69, 9.17) is 0 Å². The molecule has 1 N–H and O–H groups in total. The first-order valence-corrected chi connectivity index (χ1v) is 6.36. The summed E-state index contributed by atoms with van der Waals surface area (Å²) in [4.78, 5) is 24.3. The summed E-state index contributed by atoms with van der Waals surface area (Å²) in [5.74, 6) is -0.319. The molecule has 1 saturated heterocycles. The number of anilines is 1. The van der Waals surface area contributed by atoms with Crippen LogP contribution in [0.25, 0.3) is 0 Å². The van der Waals surface area contributed by atoms with Gasteiger partial charge >= 0.3 is 0 Å². The van der Waals surface area contributed by atoms with E-state index in [1.165, 1.54) is 12.1 Å². The Morgan fingerprint density at radius 3 is 2.63 bits per heavy atom. The average molecular weight is 264 g/mol. The molecular weight excluding hydrogens is 247 g/mol. The van der Waals surface area contributed by atoms with Crippen molar-refractivity contribution in [3.63, 3.8) is 0 Å². The number of piperidine rings is 1. The Labute approximate surface area is 111 Å². The van der Waals surface area contributed by atoms with Gasteiger partial charge in [-0.15, -0.1) is 0 Å². The monoisotopic (exact) mass is 264 g/mol. The van der Waals surface area contributed by atoms with Crippen LogP contribution in [-0.4, -0.2) is 32.3 Å². The van der Waals surface area contributed by atoms with Crippen LogP contribution in [0.1, 0.15) is 23.2 Å². The first-order valence-electron chi connectivity index (χ1n) is 6.36. The molecule has 0 unspecified atom stereocenters. The van der Waals surface area contributed by atoms with Gasteiger partial charge in [0.15, 0.2) is 0 Å². The van der Waals surface area contributed by atoms with Crippen LogP contribution in [0.5, 0.6) is 0 Å². The molecule has 5 heteroatoms. The third-order valence-electron chi connectivity index (χ3n) is 3.52. The fraction of sp³-hybridized carbons (Fsp3) is 0.429. The predicted octanol–water partition coefficient (Wildman–Crippen LogP) is 1.60. The number of amides is 1. The van der Waals surface area contributed by atoms with E-state index in [2.05, 4.69) is 5.32 Å². The molecule has 0 atom stereocenters. The highest BCUT2D eigenvalue weighted by Gasteiger charge is 2.24. The van der Waals surface area contributed by atoms with Gasteiger partial charge in [-0.1, -0.05) is 0 Å². The molecule has 4 nitrogen and oxygen atoms in total. The van der Waals surface area contributed by atoms with Crippen LogP contribution in [0.2, 0.25) is 0 Å². The van der Waals surface area contributed by atoms with Crippen molar-refractivity contribution < 1.29 is 14.0 Å². The van der Waals surface area contributed by atoms with Crippen LogP contribution in [0.4, 0.5) is 10.1 Å². The molecule has 102 valence electrons. The molecule has 1 heterocycles. The first kappa shape index (κ1) is 13.5. The van der Waals surface area contributed by atoms with E-state index in [9.17, 15) is 14.0 Å². The zero-order chi connectivity index (χ0) is 13.8. The Balaban J connectivity index is 2.07. The second-order valence-electron chi connectivity index (χ2n) is 4.74. The molecule has 19 heavy (non-hydrogen) atoms. The molecule has 0 aliphatic carbocycles. The molecule has 2 rings (SSSR count). The number of hydrogen-bond acceptors (Lipinski definition) is 3. The summed E-state index contributed by atoms with van der Waals surface area (Å²) >= 11 is 0. The number of nitrogens with zero attached hydrogens (tertiary/aromatic N) is 1. The molecule has 0 saturated carbocycles. The zero-order valence-corrected chi connectivity index (χ0v) is 10.9. The fourth-order valence-electron chi connectivity index (χ4n) is 2.45. The first-order chi connectivity index (χ1) is 9.13. The van der Waals surface area contributed by atoms with E-state index in [1.807, 2.05) is 4.90 Å². The van der Waals surface area contributed by atoms with Gasteiger partial charge in [0.05, 0.1) is 0 Å². The highest BCUT2D eigenvalue weighted by atomic mass is 19.1. The lowest BCUT2D eigenvalue weighted by Gasteiger charge is -2.33. The smallest absolute Gasteiger partial charge is 0.222 e. The Hall–Kier alpha value is -1.91. The average Bonchev–Trinajstić information content (AvgIpc) is 2.46. The summed E-state index contributed by atoms with van der Waals surface area (Å²) < 4.78 is 13.4. The zero-order valence-electron chi connectivity index (χ0n) is 10.9. The van der Waals surface area contributed by atoms with Gasteiger partial charge in [-0.25, -0.2) is 4.39 Å². The van der Waals surface area contributed by atoms with E-state index < -0.39 is 5.82 Å². The van der Waals surface area contributed by atoms with Gasteiger partial charge in [-0.05, 0) is 31.0 Å². The second kappa shape index (κ2) is 5.82. The lowest BCUT2D eigenvalue weighted by Crippen LogP contribution is -2.39. The highest BCUT2D eigenvalue weighted by Crippen LogP contribution is 2.24. The van der Waals surface area contributed by atoms with Crippen molar-refractivity contribution in [3.05, 3.63) is 29.6 Å². The maximum Gasteiger partial charge on any atom is 0.222 e. The molecule has 1 aliphatic rings. The van der Waals surface area contributed by atoms with Gasteiger partial charge in [-0.3, -0.25) is 9.59 Å². The van der Waals surface area contributed by atoms with Crippen molar-refractivity contribution in [2.45, 2.75) is 12.8 Å². The number of nitrogens with one attached hydrogen (secondary N) is 1. The summed E-state index contributed by atoms with van der Waals surface area (Å²) in [6.45, 7) is 1.39. The van der Waals surface area contributed by atoms with Gasteiger partial charge in [0.2, 0.25) is 5.91 Å². The summed E-state index contributed by atoms with van der Waals surface area (Å²) in [6.07, 6.45) is 2.13. The standard InChI is InChI=1S/C14H17FN2O2/c1-16-14(19)11-2-4-17(5-3-11)13-7-10(9-18)6-12(15)8-13/h6-9,11H,2-5H2,1H3,(H,16,19). The van der Waals surface area contributed by atoms with Crippen LogP contribution in [0, 0.1) is 11.7 Å². The molecule has 1 amide bonds. The fourth-order valence-corrected chi connectivity index (χ4v) is 2.45. The summed E-state index contributed by atoms with van der Waals surface area (Å²) in [5, 5.41) is 2.65. The number of carbonyl (C=O) groups excluding carboxylic acids is 2. The van der Waals surface area contributed by atoms with E-state index in [0.717, 1.165) is 12.8 Å². The largest absolute Gasteiger partial charge is 0.371 e. The molecular formula is C14H17FN2O2. The van der Waals surface area contributed by atoms with E-state index in [-0.39, 0.29) is 11.8 Å². The third kappa shape index (κ3) is 3.10. The van der Waals surface area contributed by atoms with Crippen LogP contribution < -0.4 is 10.2 Å². The van der Waals surface area contributed by atoms with Crippen molar-refractivity contribution >= 4 is 17.9 Å². The maximum absolute atomic E-state index is 13.4. The Morgan fingerprint density at radius 1 is 1.37 bits per heavy atom. The normalized spacial score (nSPS) is 16.2. The van der Waals surface area contributed by atoms with Crippen molar-refractivity contribution in [2.24, 2.45) is 5.92 Å². The van der Waals surface area contributed by atoms with E-state index >= 15 is 0 Å². The van der Waals surface area contributed by atoms with Crippen molar-refractivity contribution in [2.75, 3.05) is 25.0 Å². The lowest BCUT2D eigenvalue weighted by molar-refractivity contribution is -0.125. The van der Waals surface area contributed by atoms with Crippen LogP contribution in [0.3, 0.4) is 0 Å². The van der Waals surface area contributed by atoms with E-state index in [0.29, 0.717) is 30.6 Å². The Kier molecular flexibility index (Phi) is 4.14. The highest BCUT2D eigenvalue weighted by molar-refractivity contribution is 5.79. The number of carbonyl (C=O) groups is 2. The minimum Gasteiger partial charge on any atom is -0.371 e. The number of halogens is 1. The van der Waals surface area contributed by atoms with Gasteiger partial charge in [0, 0.05) is 37.3 Å². The van der Waals surface area contributed by atoms with E-state index in [1.54, 1.807) is 13.1 Å². The lowest BCUT2D eigenvalue weighted by atomic mass is 9.95. The number of benzene rings is 1. The Morgan fingerprint density at radius 2 is 2.05 bits per heavy atom. The summed E-state index contributed by atoms with van der Waals surface area (Å²) in [7, 11) is 1.64. The number of rotatable bonds is 3. The van der Waals surface area contributed by atoms with Crippen LogP contribution in [-0.2, 0) is 4.79 Å². The SMILES string of the molecule is CNC(=O)C1CCN(c2cc(F)cc(C=O)c2)CC1. The van der Waals surface area contributed by atoms with Crippen molar-refractivity contribution in [1.82, 2.24) is 5.32 Å². The molecule has 0 spiro atoms. The summed E-state index contributed by atoms with van der Waals surface area (Å²) in [5.41, 5.74) is 1.04. The van der Waals surface area contributed by atoms with Gasteiger partial charge in [0.25, 0.3) is 0 Å². The topological polar surface area (TPSA) is 49.4 Å². The van der Waals surface area contributed by atoms with Crippen molar-refractivity contribution in [3.8, 4) is 0 Å².